The van der Waals surface area contributed by atoms with E-state index in [0.717, 1.165) is 0 Å². The molecule has 0 heterocycles. The van der Waals surface area contributed by atoms with Crippen LogP contribution >= 0.6 is 0 Å². The van der Waals surface area contributed by atoms with E-state index in [4.69, 9.17) is 17.5 Å². The highest BCUT2D eigenvalue weighted by Gasteiger charge is 1.49. The molecule has 0 aliphatic heterocycles. The normalized spacial score (nSPS) is 8.29. The molecule has 0 N–H and O–H groups in total. The molecule has 0 fully saturated rings. The topological polar surface area (TPSA) is 80.3 Å². The van der Waals surface area contributed by atoms with Crippen molar-refractivity contribution in [3.63, 3.8) is 0 Å². The quantitative estimate of drug-likeness (QED) is 0.202. The van der Waals surface area contributed by atoms with Gasteiger partial charge in [-0.15, -0.1) is 0 Å². The maximum absolute atomic E-state index is 8.52. The van der Waals surface area contributed by atoms with E-state index in [0.29, 0.717) is 0 Å². The lowest BCUT2D eigenvalue weighted by Crippen LogP contribution is -3.00. The monoisotopic (exact) mass is 158 g/mol. The Balaban J connectivity index is -0.0000000800. The van der Waals surface area contributed by atoms with Crippen molar-refractivity contribution in [1.29, 1.82) is 0 Å². The molecule has 0 aromatic rings. The molecule has 0 aliphatic rings. The highest BCUT2D eigenvalue weighted by Crippen LogP contribution is 1.57. The number of halogens is 1. The van der Waals surface area contributed by atoms with Crippen LogP contribution in [0.3, 0.4) is 0 Å². The summed E-state index contributed by atoms with van der Waals surface area (Å²) in [5.74, 6) is 0. The van der Waals surface area contributed by atoms with Crippen LogP contribution in [0.1, 0.15) is 0 Å². The maximum Gasteiger partial charge on any atom is 0.0311 e. The molecule has 0 aromatic heterocycles. The first-order valence-electron chi connectivity index (χ1n) is 0.667. The third kappa shape index (κ3) is 307. The van der Waals surface area contributed by atoms with E-state index in [2.05, 4.69) is 0 Å². The van der Waals surface area contributed by atoms with Gasteiger partial charge in [-0.1, -0.05) is 0 Å². The molecule has 0 amide bonds. The second-order valence-corrected chi connectivity index (χ2v) is 1.22. The number of hydrogen-bond acceptors (Lipinski definition) is 4. The van der Waals surface area contributed by atoms with Gasteiger partial charge in [0.25, 0.3) is 0 Å². The zero-order chi connectivity index (χ0) is 4.50. The molecule has 4 nitrogen and oxygen atoms in total. The zero-order valence-corrected chi connectivity index (χ0v) is 5.72. The lowest BCUT2D eigenvalue weighted by molar-refractivity contribution is -0.00000853. The highest BCUT2D eigenvalue weighted by atomic mass is 35.5. The number of rotatable bonds is 0. The van der Waals surface area contributed by atoms with Crippen LogP contribution in [0, 0.1) is 0 Å². The first-order valence-corrected chi connectivity index (χ1v) is 2.00. The Morgan fingerprint density at radius 3 is 1.14 bits per heavy atom. The van der Waals surface area contributed by atoms with Crippen molar-refractivity contribution in [2.24, 2.45) is 0 Å². The van der Waals surface area contributed by atoms with Gasteiger partial charge in [0.1, 0.15) is 0 Å². The van der Waals surface area contributed by atoms with Crippen LogP contribution in [-0.4, -0.2) is 34.9 Å². The Bertz CT molecular complexity index is 94.9. The van der Waals surface area contributed by atoms with Crippen LogP contribution < -0.4 is 12.4 Å². The van der Waals surface area contributed by atoms with Gasteiger partial charge in [-0.25, -0.2) is 0 Å². The molecule has 0 atom stereocenters. The Hall–Kier alpha value is 0.692. The molecule has 0 aromatic carbocycles. The van der Waals surface area contributed by atoms with E-state index in [1.807, 2.05) is 0 Å². The number of hydrogen-bond donors (Lipinski definition) is 0. The minimum Gasteiger partial charge on any atom is -1.00 e. The third-order valence-corrected chi connectivity index (χ3v) is 0. The van der Waals surface area contributed by atoms with Gasteiger partial charge in [0.15, 0.2) is 0 Å². The fraction of sp³-hybridized carbons (Fsp3) is 0. The summed E-state index contributed by atoms with van der Waals surface area (Å²) in [4.78, 5) is 0. The molecule has 0 saturated heterocycles. The van der Waals surface area contributed by atoms with E-state index >= 15 is 0 Å². The lowest BCUT2D eigenvalue weighted by atomic mass is 15.8. The molecule has 7 heavy (non-hydrogen) atoms. The van der Waals surface area contributed by atoms with Crippen LogP contribution in [0.2, 0.25) is 0 Å². The van der Waals surface area contributed by atoms with Crippen molar-refractivity contribution in [3.8, 4) is 0 Å². The Kier molecular flexibility index (Phi) is 10.8. The van der Waals surface area contributed by atoms with Gasteiger partial charge in [-0.3, -0.25) is 8.42 Å². The highest BCUT2D eigenvalue weighted by molar-refractivity contribution is 7.79. The molecule has 0 aliphatic carbocycles. The van der Waals surface area contributed by atoms with Crippen molar-refractivity contribution in [1.82, 2.24) is 0 Å². The fourth-order valence-corrected chi connectivity index (χ4v) is 0. The summed E-state index contributed by atoms with van der Waals surface area (Å²) >= 11 is 0. The molecule has 0 spiro atoms. The van der Waals surface area contributed by atoms with Crippen molar-refractivity contribution >= 4 is 27.8 Å². The summed E-state index contributed by atoms with van der Waals surface area (Å²) in [7, 11) is -5.17. The average Bonchev–Trinajstić information content (AvgIpc) is 0.722. The van der Waals surface area contributed by atoms with Crippen LogP contribution in [0.5, 0.6) is 0 Å². The summed E-state index contributed by atoms with van der Waals surface area (Å²) in [6.07, 6.45) is 0. The third-order valence-electron chi connectivity index (χ3n) is 0. The standard InChI is InChI=1S/Al.ClH.H2O4S/c;;1-5(2,3)4/h;1H;(H2,1,2,3,4)/p-3. The van der Waals surface area contributed by atoms with E-state index in [1.165, 1.54) is 0 Å². The molecule has 0 unspecified atom stereocenters. The van der Waals surface area contributed by atoms with E-state index in [1.54, 1.807) is 0 Å². The predicted molar refractivity (Wildman–Crippen MR) is 16.2 cm³/mol. The average molecular weight is 158 g/mol. The SMILES string of the molecule is O=S(=O)([O-])[O-].[Al].[Cl-]. The summed E-state index contributed by atoms with van der Waals surface area (Å²) in [5.41, 5.74) is 0. The molecule has 0 rings (SSSR count). The second kappa shape index (κ2) is 4.84. The first-order chi connectivity index (χ1) is 2.00. The fourth-order valence-electron chi connectivity index (χ4n) is 0. The Labute approximate surface area is 58.0 Å². The predicted octanol–water partition coefficient (Wildman–Crippen LogP) is -4.71. The van der Waals surface area contributed by atoms with Gasteiger partial charge in [0, 0.05) is 27.8 Å². The molecule has 7 heteroatoms. The second-order valence-electron chi connectivity index (χ2n) is 0.408. The first kappa shape index (κ1) is 15.6. The Morgan fingerprint density at radius 1 is 1.14 bits per heavy atom. The summed E-state index contributed by atoms with van der Waals surface area (Å²) in [6, 6.07) is 0. The Morgan fingerprint density at radius 2 is 1.14 bits per heavy atom. The van der Waals surface area contributed by atoms with Crippen molar-refractivity contribution in [2.45, 2.75) is 0 Å². The minimum atomic E-state index is -5.17. The summed E-state index contributed by atoms with van der Waals surface area (Å²) in [5, 5.41) is 0. The smallest absolute Gasteiger partial charge is 0.0311 e. The van der Waals surface area contributed by atoms with E-state index < -0.39 is 10.4 Å². The van der Waals surface area contributed by atoms with Gasteiger partial charge in [0.2, 0.25) is 0 Å². The summed E-state index contributed by atoms with van der Waals surface area (Å²) < 4.78 is 34.1. The van der Waals surface area contributed by atoms with Gasteiger partial charge >= 0.3 is 0 Å². The minimum absolute atomic E-state index is 0. The molecule has 3 radical (unpaired) electrons. The van der Waals surface area contributed by atoms with Crippen molar-refractivity contribution in [2.75, 3.05) is 0 Å². The van der Waals surface area contributed by atoms with Gasteiger partial charge < -0.3 is 21.5 Å². The van der Waals surface area contributed by atoms with E-state index in [-0.39, 0.29) is 29.8 Å². The van der Waals surface area contributed by atoms with Gasteiger partial charge in [-0.2, -0.15) is 0 Å². The van der Waals surface area contributed by atoms with Crippen LogP contribution in [0.15, 0.2) is 0 Å². The molecule has 0 bridgehead atoms. The van der Waals surface area contributed by atoms with Crippen LogP contribution in [-0.2, 0) is 10.4 Å². The van der Waals surface area contributed by atoms with E-state index in [9.17, 15) is 0 Å². The largest absolute Gasteiger partial charge is 1.00 e. The summed E-state index contributed by atoms with van der Waals surface area (Å²) in [6.45, 7) is 0. The van der Waals surface area contributed by atoms with Crippen molar-refractivity contribution < 1.29 is 29.9 Å². The molecular formula is AlClO4S-3. The molecular weight excluding hydrogens is 158 g/mol. The maximum atomic E-state index is 8.52. The van der Waals surface area contributed by atoms with Gasteiger partial charge in [0.05, 0.1) is 0 Å². The molecule has 0 saturated carbocycles. The van der Waals surface area contributed by atoms with Crippen molar-refractivity contribution in [3.05, 3.63) is 0 Å². The van der Waals surface area contributed by atoms with Crippen LogP contribution in [0.25, 0.3) is 0 Å². The molecule has 43 valence electrons. The van der Waals surface area contributed by atoms with Crippen LogP contribution in [0.4, 0.5) is 0 Å². The lowest BCUT2D eigenvalue weighted by Gasteiger charge is -2.06. The zero-order valence-electron chi connectivity index (χ0n) is 3.00. The van der Waals surface area contributed by atoms with Gasteiger partial charge in [-0.05, 0) is 0 Å².